The zero-order valence-corrected chi connectivity index (χ0v) is 17.6. The van der Waals surface area contributed by atoms with Gasteiger partial charge in [0, 0.05) is 18.2 Å². The highest BCUT2D eigenvalue weighted by molar-refractivity contribution is 6.32. The van der Waals surface area contributed by atoms with Crippen LogP contribution in [0.1, 0.15) is 49.7 Å². The molecule has 0 heterocycles. The maximum atomic E-state index is 13.2. The van der Waals surface area contributed by atoms with Crippen molar-refractivity contribution in [2.45, 2.75) is 57.7 Å². The fourth-order valence-electron chi connectivity index (χ4n) is 3.55. The fourth-order valence-corrected chi connectivity index (χ4v) is 4.06. The molecule has 28 heavy (non-hydrogen) atoms. The van der Waals surface area contributed by atoms with Crippen LogP contribution in [0, 0.1) is 5.82 Å². The van der Waals surface area contributed by atoms with Crippen molar-refractivity contribution in [3.05, 3.63) is 57.3 Å². The molecule has 0 radical (unpaired) electrons. The molecular weight excluding hydrogens is 400 g/mol. The maximum absolute atomic E-state index is 13.2. The second kappa shape index (κ2) is 10.3. The summed E-state index contributed by atoms with van der Waals surface area (Å²) >= 11 is 12.5. The molecule has 0 unspecified atom stereocenters. The number of hydrogen-bond donors (Lipinski definition) is 1. The van der Waals surface area contributed by atoms with Crippen molar-refractivity contribution in [1.82, 2.24) is 5.32 Å². The van der Waals surface area contributed by atoms with Gasteiger partial charge in [0.2, 0.25) is 0 Å². The van der Waals surface area contributed by atoms with Gasteiger partial charge in [-0.05, 0) is 42.7 Å². The minimum atomic E-state index is -0.380. The molecule has 1 saturated carbocycles. The number of ether oxygens (including phenoxy) is 2. The van der Waals surface area contributed by atoms with E-state index in [0.717, 1.165) is 12.1 Å². The Morgan fingerprint density at radius 3 is 2.46 bits per heavy atom. The Morgan fingerprint density at radius 1 is 1.04 bits per heavy atom. The van der Waals surface area contributed by atoms with E-state index in [1.165, 1.54) is 50.7 Å². The Hall–Kier alpha value is -1.49. The van der Waals surface area contributed by atoms with Crippen LogP contribution in [0.5, 0.6) is 11.5 Å². The van der Waals surface area contributed by atoms with Crippen molar-refractivity contribution in [2.24, 2.45) is 0 Å². The summed E-state index contributed by atoms with van der Waals surface area (Å²) in [5.41, 5.74) is 1.73. The summed E-state index contributed by atoms with van der Waals surface area (Å²) in [4.78, 5) is 0. The summed E-state index contributed by atoms with van der Waals surface area (Å²) in [5.74, 6) is 0.654. The first kappa shape index (κ1) is 21.2. The van der Waals surface area contributed by atoms with E-state index in [1.54, 1.807) is 13.2 Å². The molecule has 1 aliphatic rings. The maximum Gasteiger partial charge on any atom is 0.180 e. The molecule has 0 saturated heterocycles. The molecular formula is C22H26Cl2FNO2. The molecule has 0 atom stereocenters. The molecule has 1 fully saturated rings. The third-order valence-electron chi connectivity index (χ3n) is 5.13. The van der Waals surface area contributed by atoms with E-state index in [2.05, 4.69) is 5.32 Å². The molecule has 2 aromatic rings. The molecule has 0 bridgehead atoms. The standard InChI is InChI=1S/C22H26Cl2FNO2/c1-27-21-11-15(13-26-18-6-4-2-3-5-7-18)10-20(24)22(21)28-14-16-8-9-17(25)12-19(16)23/h8-12,18,26H,2-7,13-14H2,1H3. The first-order valence-corrected chi connectivity index (χ1v) is 10.5. The highest BCUT2D eigenvalue weighted by Crippen LogP contribution is 2.37. The number of rotatable bonds is 7. The summed E-state index contributed by atoms with van der Waals surface area (Å²) in [5, 5.41) is 4.44. The van der Waals surface area contributed by atoms with Crippen LogP contribution in [-0.4, -0.2) is 13.2 Å². The minimum Gasteiger partial charge on any atom is -0.493 e. The van der Waals surface area contributed by atoms with Crippen molar-refractivity contribution in [2.75, 3.05) is 7.11 Å². The number of benzene rings is 2. The smallest absolute Gasteiger partial charge is 0.180 e. The van der Waals surface area contributed by atoms with Crippen LogP contribution in [0.2, 0.25) is 10.0 Å². The third-order valence-corrected chi connectivity index (χ3v) is 5.76. The van der Waals surface area contributed by atoms with E-state index in [1.807, 2.05) is 12.1 Å². The average Bonchev–Trinajstić information content (AvgIpc) is 2.95. The van der Waals surface area contributed by atoms with Gasteiger partial charge in [-0.2, -0.15) is 0 Å². The highest BCUT2D eigenvalue weighted by atomic mass is 35.5. The Labute approximate surface area is 176 Å². The summed E-state index contributed by atoms with van der Waals surface area (Å²) in [7, 11) is 1.59. The van der Waals surface area contributed by atoms with Gasteiger partial charge in [-0.1, -0.05) is 55.0 Å². The zero-order valence-electron chi connectivity index (χ0n) is 16.1. The van der Waals surface area contributed by atoms with Crippen molar-refractivity contribution < 1.29 is 13.9 Å². The van der Waals surface area contributed by atoms with Crippen LogP contribution in [0.25, 0.3) is 0 Å². The lowest BCUT2D eigenvalue weighted by Gasteiger charge is -2.18. The molecule has 1 N–H and O–H groups in total. The van der Waals surface area contributed by atoms with E-state index < -0.39 is 0 Å². The number of halogens is 3. The van der Waals surface area contributed by atoms with Crippen molar-refractivity contribution >= 4 is 23.2 Å². The number of nitrogens with one attached hydrogen (secondary N) is 1. The van der Waals surface area contributed by atoms with Crippen LogP contribution in [0.3, 0.4) is 0 Å². The minimum absolute atomic E-state index is 0.175. The lowest BCUT2D eigenvalue weighted by Crippen LogP contribution is -2.27. The summed E-state index contributed by atoms with van der Waals surface area (Å²) < 4.78 is 24.5. The number of hydrogen-bond acceptors (Lipinski definition) is 3. The molecule has 3 nitrogen and oxygen atoms in total. The predicted molar refractivity (Wildman–Crippen MR) is 112 cm³/mol. The molecule has 152 valence electrons. The fraction of sp³-hybridized carbons (Fsp3) is 0.455. The Bertz CT molecular complexity index is 792. The Kier molecular flexibility index (Phi) is 7.83. The van der Waals surface area contributed by atoms with Gasteiger partial charge in [0.1, 0.15) is 12.4 Å². The monoisotopic (exact) mass is 425 g/mol. The molecule has 0 spiro atoms. The van der Waals surface area contributed by atoms with Crippen LogP contribution >= 0.6 is 23.2 Å². The largest absolute Gasteiger partial charge is 0.493 e. The molecule has 6 heteroatoms. The first-order valence-electron chi connectivity index (χ1n) is 9.73. The predicted octanol–water partition coefficient (Wildman–Crippen LogP) is 6.53. The third kappa shape index (κ3) is 5.76. The topological polar surface area (TPSA) is 30.5 Å². The molecule has 3 rings (SSSR count). The molecule has 2 aromatic carbocycles. The summed E-state index contributed by atoms with van der Waals surface area (Å²) in [6.45, 7) is 0.916. The quantitative estimate of drug-likeness (QED) is 0.511. The van der Waals surface area contributed by atoms with Crippen LogP contribution in [-0.2, 0) is 13.2 Å². The Morgan fingerprint density at radius 2 is 1.79 bits per heavy atom. The van der Waals surface area contributed by atoms with Crippen molar-refractivity contribution in [3.8, 4) is 11.5 Å². The summed E-state index contributed by atoms with van der Waals surface area (Å²) in [6.07, 6.45) is 7.71. The van der Waals surface area contributed by atoms with E-state index in [0.29, 0.717) is 33.1 Å². The van der Waals surface area contributed by atoms with Crippen molar-refractivity contribution in [3.63, 3.8) is 0 Å². The van der Waals surface area contributed by atoms with E-state index in [-0.39, 0.29) is 12.4 Å². The van der Waals surface area contributed by atoms with Gasteiger partial charge in [0.25, 0.3) is 0 Å². The van der Waals surface area contributed by atoms with Gasteiger partial charge in [-0.25, -0.2) is 4.39 Å². The molecule has 1 aliphatic carbocycles. The molecule has 0 aliphatic heterocycles. The van der Waals surface area contributed by atoms with Crippen molar-refractivity contribution in [1.29, 1.82) is 0 Å². The van der Waals surface area contributed by atoms with E-state index in [9.17, 15) is 4.39 Å². The van der Waals surface area contributed by atoms with Crippen LogP contribution < -0.4 is 14.8 Å². The lowest BCUT2D eigenvalue weighted by atomic mass is 10.1. The second-order valence-corrected chi connectivity index (χ2v) is 8.02. The van der Waals surface area contributed by atoms with Gasteiger partial charge in [-0.15, -0.1) is 0 Å². The first-order chi connectivity index (χ1) is 13.6. The van der Waals surface area contributed by atoms with Gasteiger partial charge >= 0.3 is 0 Å². The van der Waals surface area contributed by atoms with Gasteiger partial charge in [0.15, 0.2) is 11.5 Å². The summed E-state index contributed by atoms with van der Waals surface area (Å²) in [6, 6.07) is 8.62. The van der Waals surface area contributed by atoms with Gasteiger partial charge in [-0.3, -0.25) is 0 Å². The SMILES string of the molecule is COc1cc(CNC2CCCCCC2)cc(Cl)c1OCc1ccc(F)cc1Cl. The van der Waals surface area contributed by atoms with E-state index >= 15 is 0 Å². The molecule has 0 amide bonds. The molecule has 0 aromatic heterocycles. The zero-order chi connectivity index (χ0) is 19.9. The highest BCUT2D eigenvalue weighted by Gasteiger charge is 2.15. The Balaban J connectivity index is 1.66. The average molecular weight is 426 g/mol. The van der Waals surface area contributed by atoms with Gasteiger partial charge < -0.3 is 14.8 Å². The van der Waals surface area contributed by atoms with Gasteiger partial charge in [0.05, 0.1) is 17.2 Å². The normalized spacial score (nSPS) is 15.3. The lowest BCUT2D eigenvalue weighted by molar-refractivity contribution is 0.284. The number of methoxy groups -OCH3 is 1. The second-order valence-electron chi connectivity index (χ2n) is 7.20. The van der Waals surface area contributed by atoms with Crippen LogP contribution in [0.15, 0.2) is 30.3 Å². The van der Waals surface area contributed by atoms with Crippen LogP contribution in [0.4, 0.5) is 4.39 Å². The van der Waals surface area contributed by atoms with E-state index in [4.69, 9.17) is 32.7 Å².